The Morgan fingerprint density at radius 1 is 1.67 bits per heavy atom. The number of thioether (sulfide) groups is 1. The Kier molecular flexibility index (Phi) is 2.37. The molecule has 0 bridgehead atoms. The number of carboxylic acid groups (broad SMARTS) is 1. The van der Waals surface area contributed by atoms with Gasteiger partial charge in [-0.1, -0.05) is 11.6 Å². The molecule has 0 saturated heterocycles. The number of anilines is 1. The van der Waals surface area contributed by atoms with Gasteiger partial charge in [0.05, 0.1) is 22.2 Å². The summed E-state index contributed by atoms with van der Waals surface area (Å²) in [5.41, 5.74) is -0.434. The summed E-state index contributed by atoms with van der Waals surface area (Å²) in [4.78, 5) is 17.7. The summed E-state index contributed by atoms with van der Waals surface area (Å²) in [7, 11) is 0. The van der Waals surface area contributed by atoms with Crippen LogP contribution in [0.15, 0.2) is 22.0 Å². The summed E-state index contributed by atoms with van der Waals surface area (Å²) < 4.78 is 13.3. The number of halogens is 2. The van der Waals surface area contributed by atoms with E-state index >= 15 is 0 Å². The van der Waals surface area contributed by atoms with Crippen molar-refractivity contribution in [2.24, 2.45) is 4.99 Å². The number of fused-ring (bicyclic) bond motifs is 3. The lowest BCUT2D eigenvalue weighted by atomic mass is 10.0. The van der Waals surface area contributed by atoms with Crippen LogP contribution < -0.4 is 4.90 Å². The lowest BCUT2D eigenvalue weighted by molar-refractivity contribution is -0.141. The fraction of sp³-hybridized carbons (Fsp3) is 0.273. The first-order valence-electron chi connectivity index (χ1n) is 5.19. The second kappa shape index (κ2) is 3.61. The molecule has 3 rings (SSSR count). The number of hydrogen-bond donors (Lipinski definition) is 1. The number of nitrogens with zero attached hydrogens (tertiary/aromatic N) is 2. The van der Waals surface area contributed by atoms with Gasteiger partial charge in [0.1, 0.15) is 5.82 Å². The van der Waals surface area contributed by atoms with Crippen LogP contribution in [0, 0.1) is 5.82 Å². The molecule has 1 aromatic rings. The number of rotatable bonds is 1. The van der Waals surface area contributed by atoms with Crippen LogP contribution in [0.25, 0.3) is 0 Å². The maximum Gasteiger partial charge on any atom is 0.333 e. The number of benzene rings is 1. The first-order valence-corrected chi connectivity index (χ1v) is 6.38. The van der Waals surface area contributed by atoms with Crippen LogP contribution in [-0.4, -0.2) is 28.3 Å². The predicted octanol–water partition coefficient (Wildman–Crippen LogP) is 2.60. The van der Waals surface area contributed by atoms with E-state index in [0.717, 1.165) is 5.69 Å². The molecule has 0 unspecified atom stereocenters. The van der Waals surface area contributed by atoms with E-state index in [0.29, 0.717) is 10.1 Å². The molecule has 2 aliphatic rings. The molecule has 2 heterocycles. The van der Waals surface area contributed by atoms with E-state index in [1.165, 1.54) is 17.8 Å². The zero-order valence-electron chi connectivity index (χ0n) is 9.28. The SMILES string of the molecule is C[C@@]1(C(=O)O)CN2C(=N1)Sc1c2ccc(F)c1Cl. The molecule has 0 aromatic heterocycles. The Morgan fingerprint density at radius 3 is 3.06 bits per heavy atom. The smallest absolute Gasteiger partial charge is 0.333 e. The van der Waals surface area contributed by atoms with Crippen LogP contribution in [0.4, 0.5) is 10.1 Å². The highest BCUT2D eigenvalue weighted by molar-refractivity contribution is 8.15. The van der Waals surface area contributed by atoms with Gasteiger partial charge >= 0.3 is 5.97 Å². The van der Waals surface area contributed by atoms with Crippen LogP contribution in [0.2, 0.25) is 5.02 Å². The largest absolute Gasteiger partial charge is 0.479 e. The van der Waals surface area contributed by atoms with Gasteiger partial charge in [0.2, 0.25) is 0 Å². The van der Waals surface area contributed by atoms with Crippen LogP contribution in [0.5, 0.6) is 0 Å². The van der Waals surface area contributed by atoms with Crippen LogP contribution in [-0.2, 0) is 4.79 Å². The molecule has 18 heavy (non-hydrogen) atoms. The van der Waals surface area contributed by atoms with Crippen molar-refractivity contribution in [3.8, 4) is 0 Å². The van der Waals surface area contributed by atoms with Crippen molar-refractivity contribution in [1.29, 1.82) is 0 Å². The zero-order valence-corrected chi connectivity index (χ0v) is 10.8. The molecule has 94 valence electrons. The first kappa shape index (κ1) is 11.8. The normalized spacial score (nSPS) is 24.8. The average Bonchev–Trinajstić information content (AvgIpc) is 2.79. The van der Waals surface area contributed by atoms with E-state index in [2.05, 4.69) is 4.99 Å². The minimum Gasteiger partial charge on any atom is -0.479 e. The summed E-state index contributed by atoms with van der Waals surface area (Å²) in [6.45, 7) is 1.80. The van der Waals surface area contributed by atoms with Crippen molar-refractivity contribution in [2.75, 3.05) is 11.4 Å². The van der Waals surface area contributed by atoms with Gasteiger partial charge in [-0.05, 0) is 30.8 Å². The molecule has 0 spiro atoms. The lowest BCUT2D eigenvalue weighted by Gasteiger charge is -2.19. The fourth-order valence-corrected chi connectivity index (χ4v) is 3.43. The number of aliphatic imine (C=N–C) groups is 1. The molecule has 0 fully saturated rings. The van der Waals surface area contributed by atoms with Crippen molar-refractivity contribution in [2.45, 2.75) is 17.4 Å². The molecule has 0 aliphatic carbocycles. The Labute approximate surface area is 111 Å². The van der Waals surface area contributed by atoms with Gasteiger partial charge in [-0.25, -0.2) is 14.2 Å². The molecular weight excluding hydrogens is 279 g/mol. The number of aliphatic carboxylic acids is 1. The Balaban J connectivity index is 2.07. The van der Waals surface area contributed by atoms with Crippen LogP contribution >= 0.6 is 23.4 Å². The van der Waals surface area contributed by atoms with E-state index in [4.69, 9.17) is 16.7 Å². The Morgan fingerprint density at radius 2 is 2.39 bits per heavy atom. The number of hydrogen-bond acceptors (Lipinski definition) is 4. The number of amidine groups is 1. The van der Waals surface area contributed by atoms with Gasteiger partial charge in [0.25, 0.3) is 0 Å². The maximum absolute atomic E-state index is 13.3. The summed E-state index contributed by atoms with van der Waals surface area (Å²) in [6, 6.07) is 2.88. The van der Waals surface area contributed by atoms with Gasteiger partial charge in [0.15, 0.2) is 10.7 Å². The van der Waals surface area contributed by atoms with Gasteiger partial charge in [-0.15, -0.1) is 0 Å². The van der Waals surface area contributed by atoms with E-state index in [-0.39, 0.29) is 11.6 Å². The molecule has 4 nitrogen and oxygen atoms in total. The van der Waals surface area contributed by atoms with Gasteiger partial charge in [-0.2, -0.15) is 0 Å². The van der Waals surface area contributed by atoms with Crippen molar-refractivity contribution in [1.82, 2.24) is 0 Å². The molecular formula is C11H8ClFN2O2S. The Hall–Kier alpha value is -1.27. The third-order valence-electron chi connectivity index (χ3n) is 3.01. The molecule has 1 N–H and O–H groups in total. The van der Waals surface area contributed by atoms with Crippen molar-refractivity contribution in [3.63, 3.8) is 0 Å². The monoisotopic (exact) mass is 286 g/mol. The topological polar surface area (TPSA) is 52.9 Å². The first-order chi connectivity index (χ1) is 8.42. The van der Waals surface area contributed by atoms with Gasteiger partial charge < -0.3 is 10.0 Å². The maximum atomic E-state index is 13.3. The molecule has 2 aliphatic heterocycles. The van der Waals surface area contributed by atoms with Crippen molar-refractivity contribution >= 4 is 40.2 Å². The summed E-state index contributed by atoms with van der Waals surface area (Å²) in [5, 5.41) is 9.76. The molecule has 0 amide bonds. The number of carboxylic acids is 1. The highest BCUT2D eigenvalue weighted by atomic mass is 35.5. The summed E-state index contributed by atoms with van der Waals surface area (Å²) in [5.74, 6) is -1.45. The lowest BCUT2D eigenvalue weighted by Crippen LogP contribution is -2.39. The minimum absolute atomic E-state index is 0.0617. The molecule has 1 aromatic carbocycles. The minimum atomic E-state index is -1.15. The molecule has 1 atom stereocenters. The standard InChI is InChI=1S/C11H8ClFN2O2S/c1-11(9(16)17)4-15-6-3-2-5(13)7(12)8(6)18-10(15)14-11/h2-3H,4H2,1H3,(H,16,17)/t11-/m0/s1. The Bertz CT molecular complexity index is 607. The summed E-state index contributed by atoms with van der Waals surface area (Å²) in [6.07, 6.45) is 0. The van der Waals surface area contributed by atoms with Gasteiger partial charge in [-0.3, -0.25) is 0 Å². The van der Waals surface area contributed by atoms with Gasteiger partial charge in [0, 0.05) is 0 Å². The third kappa shape index (κ3) is 1.45. The van der Waals surface area contributed by atoms with E-state index in [1.807, 2.05) is 0 Å². The van der Waals surface area contributed by atoms with E-state index in [1.54, 1.807) is 17.9 Å². The fourth-order valence-electron chi connectivity index (χ4n) is 1.99. The third-order valence-corrected chi connectivity index (χ3v) is 4.61. The van der Waals surface area contributed by atoms with E-state index < -0.39 is 17.3 Å². The van der Waals surface area contributed by atoms with E-state index in [9.17, 15) is 9.18 Å². The highest BCUT2D eigenvalue weighted by Crippen LogP contribution is 2.48. The molecule has 0 saturated carbocycles. The summed E-state index contributed by atoms with van der Waals surface area (Å²) >= 11 is 7.10. The number of carbonyl (C=O) groups is 1. The zero-order chi connectivity index (χ0) is 13.1. The molecule has 7 heteroatoms. The van der Waals surface area contributed by atoms with Crippen molar-refractivity contribution < 1.29 is 14.3 Å². The highest BCUT2D eigenvalue weighted by Gasteiger charge is 2.46. The average molecular weight is 287 g/mol. The second-order valence-electron chi connectivity index (χ2n) is 4.37. The van der Waals surface area contributed by atoms with Crippen LogP contribution in [0.1, 0.15) is 6.92 Å². The second-order valence-corrected chi connectivity index (χ2v) is 5.73. The quantitative estimate of drug-likeness (QED) is 0.862. The predicted molar refractivity (Wildman–Crippen MR) is 68.1 cm³/mol. The van der Waals surface area contributed by atoms with Crippen molar-refractivity contribution in [3.05, 3.63) is 23.0 Å². The molecule has 0 radical (unpaired) electrons. The van der Waals surface area contributed by atoms with Crippen LogP contribution in [0.3, 0.4) is 0 Å².